The summed E-state index contributed by atoms with van der Waals surface area (Å²) in [6, 6.07) is 17.5. The lowest BCUT2D eigenvalue weighted by Gasteiger charge is -2.28. The number of aromatic hydroxyl groups is 1. The van der Waals surface area contributed by atoms with Gasteiger partial charge in [0.15, 0.2) is 11.4 Å². The molecule has 6 nitrogen and oxygen atoms in total. The molecule has 1 aliphatic heterocycles. The van der Waals surface area contributed by atoms with E-state index in [1.165, 1.54) is 16.4 Å². The molecule has 156 valence electrons. The van der Waals surface area contributed by atoms with E-state index in [0.29, 0.717) is 11.6 Å². The average Bonchev–Trinajstić information content (AvgIpc) is 3.03. The molecule has 7 heteroatoms. The molecule has 0 spiro atoms. The Kier molecular flexibility index (Phi) is 6.06. The molecule has 3 aromatic rings. The van der Waals surface area contributed by atoms with Crippen LogP contribution in [0.5, 0.6) is 5.75 Å². The van der Waals surface area contributed by atoms with Gasteiger partial charge in [0.05, 0.1) is 11.9 Å². The predicted molar refractivity (Wildman–Crippen MR) is 117 cm³/mol. The number of nitrogens with zero attached hydrogens (tertiary/aromatic N) is 4. The number of hydrogen-bond donors (Lipinski definition) is 1. The van der Waals surface area contributed by atoms with Crippen molar-refractivity contribution < 1.29 is 9.90 Å². The highest BCUT2D eigenvalue weighted by atomic mass is 35.5. The van der Waals surface area contributed by atoms with Crippen molar-refractivity contribution >= 4 is 17.5 Å². The number of carbonyl (C=O) groups is 1. The van der Waals surface area contributed by atoms with Gasteiger partial charge in [-0.3, -0.25) is 9.69 Å². The van der Waals surface area contributed by atoms with E-state index in [4.69, 9.17) is 11.6 Å². The minimum atomic E-state index is -0.241. The number of hydrogen-bond acceptors (Lipinski definition) is 4. The Hall–Kier alpha value is -2.83. The van der Waals surface area contributed by atoms with Gasteiger partial charge in [-0.15, -0.1) is 0 Å². The van der Waals surface area contributed by atoms with Crippen LogP contribution in [-0.4, -0.2) is 56.3 Å². The lowest BCUT2D eigenvalue weighted by Crippen LogP contribution is -2.42. The standard InChI is InChI=1S/C23H25ClN4O2/c1-17-14-26(15-18-6-3-2-4-7-18)12-5-13-27(17)23(30)22-21(29)16-28(25-22)20-10-8-19(24)9-11-20/h2-4,6-11,16-17,29H,5,12-15H2,1H3/t17-/m1/s1. The zero-order valence-electron chi connectivity index (χ0n) is 16.9. The molecular formula is C23H25ClN4O2. The Balaban J connectivity index is 1.48. The molecule has 1 aliphatic rings. The van der Waals surface area contributed by atoms with Gasteiger partial charge < -0.3 is 10.0 Å². The van der Waals surface area contributed by atoms with Crippen LogP contribution < -0.4 is 0 Å². The fourth-order valence-corrected chi connectivity index (χ4v) is 4.04. The monoisotopic (exact) mass is 424 g/mol. The highest BCUT2D eigenvalue weighted by Gasteiger charge is 2.29. The van der Waals surface area contributed by atoms with E-state index in [0.717, 1.165) is 31.7 Å². The SMILES string of the molecule is C[C@@H]1CN(Cc2ccccc2)CCCN1C(=O)c1nn(-c2ccc(Cl)cc2)cc1O. The largest absolute Gasteiger partial charge is 0.504 e. The average molecular weight is 425 g/mol. The first-order valence-corrected chi connectivity index (χ1v) is 10.5. The molecular weight excluding hydrogens is 400 g/mol. The van der Waals surface area contributed by atoms with Gasteiger partial charge in [-0.2, -0.15) is 5.10 Å². The Labute approximate surface area is 181 Å². The van der Waals surface area contributed by atoms with Crippen LogP contribution in [0.25, 0.3) is 5.69 Å². The van der Waals surface area contributed by atoms with Gasteiger partial charge in [-0.25, -0.2) is 4.68 Å². The Morgan fingerprint density at radius 3 is 2.60 bits per heavy atom. The molecule has 4 rings (SSSR count). The van der Waals surface area contributed by atoms with Crippen molar-refractivity contribution in [1.82, 2.24) is 19.6 Å². The van der Waals surface area contributed by atoms with E-state index in [1.807, 2.05) is 23.1 Å². The Morgan fingerprint density at radius 2 is 1.87 bits per heavy atom. The molecule has 1 atom stereocenters. The van der Waals surface area contributed by atoms with Crippen molar-refractivity contribution in [1.29, 1.82) is 0 Å². The maximum absolute atomic E-state index is 13.2. The number of halogens is 1. The highest BCUT2D eigenvalue weighted by molar-refractivity contribution is 6.30. The van der Waals surface area contributed by atoms with Crippen molar-refractivity contribution in [2.45, 2.75) is 25.9 Å². The molecule has 0 bridgehead atoms. The van der Waals surface area contributed by atoms with E-state index < -0.39 is 0 Å². The van der Waals surface area contributed by atoms with Crippen LogP contribution in [0.2, 0.25) is 5.02 Å². The molecule has 2 heterocycles. The quantitative estimate of drug-likeness (QED) is 0.688. The van der Waals surface area contributed by atoms with Gasteiger partial charge in [0.1, 0.15) is 0 Å². The van der Waals surface area contributed by atoms with Gasteiger partial charge in [0.25, 0.3) is 5.91 Å². The summed E-state index contributed by atoms with van der Waals surface area (Å²) in [5.41, 5.74) is 2.07. The summed E-state index contributed by atoms with van der Waals surface area (Å²) in [5, 5.41) is 15.4. The molecule has 1 amide bonds. The second kappa shape index (κ2) is 8.90. The Morgan fingerprint density at radius 1 is 1.13 bits per heavy atom. The molecule has 1 fully saturated rings. The topological polar surface area (TPSA) is 61.6 Å². The first kappa shape index (κ1) is 20.4. The lowest BCUT2D eigenvalue weighted by atomic mass is 10.2. The maximum atomic E-state index is 13.2. The minimum absolute atomic E-state index is 0.0174. The fourth-order valence-electron chi connectivity index (χ4n) is 3.91. The van der Waals surface area contributed by atoms with E-state index in [2.05, 4.69) is 29.1 Å². The molecule has 2 aromatic carbocycles. The van der Waals surface area contributed by atoms with Crippen molar-refractivity contribution in [2.24, 2.45) is 0 Å². The van der Waals surface area contributed by atoms with Crippen LogP contribution in [0.15, 0.2) is 60.8 Å². The third kappa shape index (κ3) is 4.50. The number of rotatable bonds is 4. The third-order valence-electron chi connectivity index (χ3n) is 5.43. The Bertz CT molecular complexity index is 1000. The van der Waals surface area contributed by atoms with Gasteiger partial charge in [-0.05, 0) is 43.2 Å². The smallest absolute Gasteiger partial charge is 0.278 e. The van der Waals surface area contributed by atoms with Gasteiger partial charge in [0, 0.05) is 37.2 Å². The first-order valence-electron chi connectivity index (χ1n) is 10.1. The van der Waals surface area contributed by atoms with Gasteiger partial charge in [0.2, 0.25) is 0 Å². The van der Waals surface area contributed by atoms with Crippen LogP contribution in [0.4, 0.5) is 0 Å². The zero-order chi connectivity index (χ0) is 21.1. The molecule has 0 unspecified atom stereocenters. The van der Waals surface area contributed by atoms with Crippen LogP contribution in [0, 0.1) is 0 Å². The number of carbonyl (C=O) groups excluding carboxylic acids is 1. The second-order valence-electron chi connectivity index (χ2n) is 7.71. The van der Waals surface area contributed by atoms with E-state index in [1.54, 1.807) is 24.3 Å². The molecule has 0 radical (unpaired) electrons. The summed E-state index contributed by atoms with van der Waals surface area (Å²) in [4.78, 5) is 17.4. The number of aromatic nitrogens is 2. The summed E-state index contributed by atoms with van der Waals surface area (Å²) in [7, 11) is 0. The van der Waals surface area contributed by atoms with Crippen LogP contribution in [-0.2, 0) is 6.54 Å². The van der Waals surface area contributed by atoms with Crippen molar-refractivity contribution in [3.63, 3.8) is 0 Å². The minimum Gasteiger partial charge on any atom is -0.504 e. The first-order chi connectivity index (χ1) is 14.5. The van der Waals surface area contributed by atoms with Crippen molar-refractivity contribution in [3.8, 4) is 11.4 Å². The third-order valence-corrected chi connectivity index (χ3v) is 5.68. The molecule has 1 aromatic heterocycles. The van der Waals surface area contributed by atoms with Gasteiger partial charge >= 0.3 is 0 Å². The number of amides is 1. The van der Waals surface area contributed by atoms with E-state index >= 15 is 0 Å². The fraction of sp³-hybridized carbons (Fsp3) is 0.304. The predicted octanol–water partition coefficient (Wildman–Crippen LogP) is 3.97. The normalized spacial score (nSPS) is 17.7. The second-order valence-corrected chi connectivity index (χ2v) is 8.14. The van der Waals surface area contributed by atoms with Crippen molar-refractivity contribution in [3.05, 3.63) is 77.1 Å². The lowest BCUT2D eigenvalue weighted by molar-refractivity contribution is 0.0682. The highest BCUT2D eigenvalue weighted by Crippen LogP contribution is 2.23. The molecule has 1 N–H and O–H groups in total. The van der Waals surface area contributed by atoms with Crippen LogP contribution in [0.3, 0.4) is 0 Å². The van der Waals surface area contributed by atoms with Crippen LogP contribution in [0.1, 0.15) is 29.4 Å². The maximum Gasteiger partial charge on any atom is 0.278 e. The summed E-state index contributed by atoms with van der Waals surface area (Å²) >= 11 is 5.94. The molecule has 0 aliphatic carbocycles. The molecule has 0 saturated carbocycles. The summed E-state index contributed by atoms with van der Waals surface area (Å²) < 4.78 is 1.50. The van der Waals surface area contributed by atoms with Crippen molar-refractivity contribution in [2.75, 3.05) is 19.6 Å². The zero-order valence-corrected chi connectivity index (χ0v) is 17.7. The number of benzene rings is 2. The molecule has 1 saturated heterocycles. The molecule has 30 heavy (non-hydrogen) atoms. The van der Waals surface area contributed by atoms with Crippen LogP contribution >= 0.6 is 11.6 Å². The summed E-state index contributed by atoms with van der Waals surface area (Å²) in [6.07, 6.45) is 2.34. The van der Waals surface area contributed by atoms with E-state index in [9.17, 15) is 9.90 Å². The summed E-state index contributed by atoms with van der Waals surface area (Å²) in [6.45, 7) is 5.25. The van der Waals surface area contributed by atoms with Gasteiger partial charge in [-0.1, -0.05) is 41.9 Å². The van der Waals surface area contributed by atoms with E-state index in [-0.39, 0.29) is 23.4 Å². The summed E-state index contributed by atoms with van der Waals surface area (Å²) in [5.74, 6) is -0.359.